The first kappa shape index (κ1) is 26.8. The molecule has 0 radical (unpaired) electrons. The molecule has 194 valence electrons. The van der Waals surface area contributed by atoms with Crippen LogP contribution in [-0.4, -0.2) is 41.8 Å². The van der Waals surface area contributed by atoms with E-state index < -0.39 is 29.2 Å². The zero-order valence-electron chi connectivity index (χ0n) is 20.2. The van der Waals surface area contributed by atoms with E-state index in [0.29, 0.717) is 24.3 Å². The Balaban J connectivity index is 1.64. The Morgan fingerprint density at radius 1 is 1.11 bits per heavy atom. The smallest absolute Gasteiger partial charge is 0.252 e. The maximum atomic E-state index is 14.2. The van der Waals surface area contributed by atoms with Gasteiger partial charge in [0.1, 0.15) is 23.5 Å². The number of hydrogen-bond acceptors (Lipinski definition) is 5. The van der Waals surface area contributed by atoms with Crippen LogP contribution in [0.5, 0.6) is 5.75 Å². The van der Waals surface area contributed by atoms with Crippen LogP contribution < -0.4 is 10.1 Å². The van der Waals surface area contributed by atoms with Gasteiger partial charge < -0.3 is 19.9 Å². The predicted molar refractivity (Wildman–Crippen MR) is 140 cm³/mol. The fraction of sp³-hybridized carbons (Fsp3) is 0.286. The van der Waals surface area contributed by atoms with Gasteiger partial charge in [0, 0.05) is 41.6 Å². The fourth-order valence-corrected chi connectivity index (χ4v) is 4.52. The van der Waals surface area contributed by atoms with Gasteiger partial charge in [0.15, 0.2) is 5.54 Å². The van der Waals surface area contributed by atoms with Gasteiger partial charge in [-0.25, -0.2) is 13.8 Å². The highest BCUT2D eigenvalue weighted by Crippen LogP contribution is 2.34. The molecular weight excluding hydrogens is 546 g/mol. The van der Waals surface area contributed by atoms with E-state index in [1.807, 2.05) is 24.3 Å². The summed E-state index contributed by atoms with van der Waals surface area (Å²) in [5.74, 6) is -1.05. The Labute approximate surface area is 222 Å². The van der Waals surface area contributed by atoms with Crippen LogP contribution in [0, 0.1) is 11.6 Å². The summed E-state index contributed by atoms with van der Waals surface area (Å²) in [5.41, 5.74) is -0.109. The number of carbonyl (C=O) groups excluding carboxylic acids is 1. The van der Waals surface area contributed by atoms with Crippen molar-refractivity contribution >= 4 is 27.7 Å². The molecule has 0 saturated heterocycles. The SMILES string of the molecule is C[C@H]1OC(c2ccc(OCCCO)cc2)=N[C@@]1(Cc1ccccc1Br)C(=O)NCc1c(F)cccc1F. The van der Waals surface area contributed by atoms with Gasteiger partial charge in [-0.3, -0.25) is 4.79 Å². The largest absolute Gasteiger partial charge is 0.494 e. The van der Waals surface area contributed by atoms with Crippen molar-refractivity contribution in [3.8, 4) is 5.75 Å². The number of aliphatic imine (C=N–C) groups is 1. The van der Waals surface area contributed by atoms with E-state index in [4.69, 9.17) is 19.6 Å². The molecule has 9 heteroatoms. The molecular formula is C28H27BrF2N2O4. The van der Waals surface area contributed by atoms with Crippen LogP contribution in [0.25, 0.3) is 0 Å². The molecule has 0 unspecified atom stereocenters. The summed E-state index contributed by atoms with van der Waals surface area (Å²) in [7, 11) is 0. The van der Waals surface area contributed by atoms with Gasteiger partial charge in [-0.2, -0.15) is 0 Å². The van der Waals surface area contributed by atoms with Crippen molar-refractivity contribution in [1.29, 1.82) is 0 Å². The minimum atomic E-state index is -1.38. The lowest BCUT2D eigenvalue weighted by atomic mass is 9.86. The van der Waals surface area contributed by atoms with Crippen LogP contribution in [0.3, 0.4) is 0 Å². The number of rotatable bonds is 10. The molecule has 0 bridgehead atoms. The Morgan fingerprint density at radius 3 is 2.49 bits per heavy atom. The molecule has 0 aliphatic carbocycles. The molecule has 2 atom stereocenters. The molecule has 3 aromatic carbocycles. The number of aliphatic hydroxyl groups is 1. The van der Waals surface area contributed by atoms with Gasteiger partial charge in [-0.15, -0.1) is 0 Å². The summed E-state index contributed by atoms with van der Waals surface area (Å²) >= 11 is 3.54. The van der Waals surface area contributed by atoms with Crippen molar-refractivity contribution in [2.45, 2.75) is 38.0 Å². The molecule has 1 aliphatic rings. The van der Waals surface area contributed by atoms with Crippen molar-refractivity contribution in [2.24, 2.45) is 4.99 Å². The van der Waals surface area contributed by atoms with Crippen molar-refractivity contribution in [1.82, 2.24) is 5.32 Å². The van der Waals surface area contributed by atoms with Gasteiger partial charge >= 0.3 is 0 Å². The topological polar surface area (TPSA) is 80.2 Å². The molecule has 0 spiro atoms. The maximum absolute atomic E-state index is 14.2. The third-order valence-corrected chi connectivity index (χ3v) is 7.01. The number of amides is 1. The van der Waals surface area contributed by atoms with E-state index in [1.54, 1.807) is 31.2 Å². The molecule has 6 nitrogen and oxygen atoms in total. The van der Waals surface area contributed by atoms with Gasteiger partial charge in [0.25, 0.3) is 5.91 Å². The van der Waals surface area contributed by atoms with Crippen LogP contribution in [0.2, 0.25) is 0 Å². The van der Waals surface area contributed by atoms with Crippen LogP contribution in [0.1, 0.15) is 30.0 Å². The van der Waals surface area contributed by atoms with Crippen molar-refractivity contribution in [3.63, 3.8) is 0 Å². The number of halogens is 3. The maximum Gasteiger partial charge on any atom is 0.252 e. The van der Waals surface area contributed by atoms with E-state index in [9.17, 15) is 13.6 Å². The summed E-state index contributed by atoms with van der Waals surface area (Å²) in [4.78, 5) is 18.4. The van der Waals surface area contributed by atoms with E-state index in [-0.39, 0.29) is 31.0 Å². The number of carbonyl (C=O) groups is 1. The second-order valence-corrected chi connectivity index (χ2v) is 9.56. The first-order valence-electron chi connectivity index (χ1n) is 11.9. The minimum Gasteiger partial charge on any atom is -0.494 e. The quantitative estimate of drug-likeness (QED) is 0.337. The van der Waals surface area contributed by atoms with E-state index in [2.05, 4.69) is 21.2 Å². The van der Waals surface area contributed by atoms with Crippen molar-refractivity contribution in [2.75, 3.05) is 13.2 Å². The lowest BCUT2D eigenvalue weighted by Gasteiger charge is -2.28. The highest BCUT2D eigenvalue weighted by molar-refractivity contribution is 9.10. The average molecular weight is 573 g/mol. The number of nitrogens with one attached hydrogen (secondary N) is 1. The van der Waals surface area contributed by atoms with Crippen LogP contribution in [0.4, 0.5) is 8.78 Å². The molecule has 1 heterocycles. The fourth-order valence-electron chi connectivity index (χ4n) is 4.10. The summed E-state index contributed by atoms with van der Waals surface area (Å²) in [5, 5.41) is 11.6. The number of nitrogens with zero attached hydrogens (tertiary/aromatic N) is 1. The first-order valence-corrected chi connectivity index (χ1v) is 12.7. The van der Waals surface area contributed by atoms with Crippen molar-refractivity contribution in [3.05, 3.63) is 99.5 Å². The summed E-state index contributed by atoms with van der Waals surface area (Å²) in [6, 6.07) is 18.1. The lowest BCUT2D eigenvalue weighted by molar-refractivity contribution is -0.128. The monoisotopic (exact) mass is 572 g/mol. The summed E-state index contributed by atoms with van der Waals surface area (Å²) < 4.78 is 40.9. The Hall–Kier alpha value is -3.30. The highest BCUT2D eigenvalue weighted by atomic mass is 79.9. The zero-order chi connectivity index (χ0) is 26.4. The van der Waals surface area contributed by atoms with Gasteiger partial charge in [-0.05, 0) is 55.0 Å². The average Bonchev–Trinajstić information content (AvgIpc) is 3.22. The summed E-state index contributed by atoms with van der Waals surface area (Å²) in [6.07, 6.45) is 0.0616. The molecule has 0 aromatic heterocycles. The minimum absolute atomic E-state index is 0.0475. The van der Waals surface area contributed by atoms with E-state index in [1.165, 1.54) is 6.07 Å². The molecule has 0 saturated carbocycles. The van der Waals surface area contributed by atoms with Gasteiger partial charge in [0.2, 0.25) is 5.90 Å². The number of aliphatic hydroxyl groups excluding tert-OH is 1. The number of benzene rings is 3. The van der Waals surface area contributed by atoms with Gasteiger partial charge in [-0.1, -0.05) is 40.2 Å². The second-order valence-electron chi connectivity index (χ2n) is 8.70. The molecule has 1 amide bonds. The zero-order valence-corrected chi connectivity index (χ0v) is 21.8. The molecule has 0 fully saturated rings. The number of ether oxygens (including phenoxy) is 2. The third-order valence-electron chi connectivity index (χ3n) is 6.23. The molecule has 2 N–H and O–H groups in total. The van der Waals surface area contributed by atoms with E-state index in [0.717, 1.165) is 22.2 Å². The lowest BCUT2D eigenvalue weighted by Crippen LogP contribution is -2.52. The standard InChI is InChI=1S/C28H27BrF2N2O4/c1-18-28(16-20-6-2-3-7-23(20)29,27(35)32-17-22-24(30)8-4-9-25(22)31)33-26(37-18)19-10-12-21(13-11-19)36-15-5-14-34/h2-4,6-13,18,34H,5,14-17H2,1H3,(H,32,35)/t18-,28-/m1/s1. The number of hydrogen-bond donors (Lipinski definition) is 2. The molecule has 4 rings (SSSR count). The molecule has 37 heavy (non-hydrogen) atoms. The normalized spacial score (nSPS) is 18.7. The Kier molecular flexibility index (Phi) is 8.56. The first-order chi connectivity index (χ1) is 17.8. The Morgan fingerprint density at radius 2 is 1.81 bits per heavy atom. The van der Waals surface area contributed by atoms with Crippen LogP contribution >= 0.6 is 15.9 Å². The predicted octanol–water partition coefficient (Wildman–Crippen LogP) is 4.95. The van der Waals surface area contributed by atoms with Gasteiger partial charge in [0.05, 0.1) is 6.61 Å². The van der Waals surface area contributed by atoms with E-state index >= 15 is 0 Å². The van der Waals surface area contributed by atoms with Crippen molar-refractivity contribution < 1.29 is 28.2 Å². The molecule has 1 aliphatic heterocycles. The van der Waals surface area contributed by atoms with Crippen LogP contribution in [0.15, 0.2) is 76.2 Å². The second kappa shape index (κ2) is 11.8. The molecule has 3 aromatic rings. The Bertz CT molecular complexity index is 1270. The van der Waals surface area contributed by atoms with Crippen LogP contribution in [-0.2, 0) is 22.5 Å². The highest BCUT2D eigenvalue weighted by Gasteiger charge is 2.50. The summed E-state index contributed by atoms with van der Waals surface area (Å²) in [6.45, 7) is 1.86. The third kappa shape index (κ3) is 5.99.